The third-order valence-electron chi connectivity index (χ3n) is 5.79. The number of rotatable bonds is 8. The van der Waals surface area contributed by atoms with Crippen molar-refractivity contribution >= 4 is 11.8 Å². The number of nitrogens with one attached hydrogen (secondary N) is 4. The van der Waals surface area contributed by atoms with Crippen molar-refractivity contribution < 1.29 is 9.59 Å². The van der Waals surface area contributed by atoms with Gasteiger partial charge in [-0.05, 0) is 65.5 Å². The average molecular weight is 415 g/mol. The second-order valence-electron chi connectivity index (χ2n) is 8.86. The highest BCUT2D eigenvalue weighted by atomic mass is 16.2. The van der Waals surface area contributed by atoms with Crippen LogP contribution < -0.4 is 10.6 Å². The molecule has 30 heavy (non-hydrogen) atoms. The van der Waals surface area contributed by atoms with Crippen LogP contribution in [0.2, 0.25) is 0 Å². The van der Waals surface area contributed by atoms with Gasteiger partial charge in [0.15, 0.2) is 0 Å². The van der Waals surface area contributed by atoms with E-state index in [0.717, 1.165) is 48.5 Å². The fourth-order valence-corrected chi connectivity index (χ4v) is 4.23. The minimum atomic E-state index is -0.0122. The van der Waals surface area contributed by atoms with Gasteiger partial charge in [0.2, 0.25) is 11.8 Å². The zero-order valence-electron chi connectivity index (χ0n) is 18.4. The maximum atomic E-state index is 12.6. The van der Waals surface area contributed by atoms with Gasteiger partial charge >= 0.3 is 0 Å². The summed E-state index contributed by atoms with van der Waals surface area (Å²) in [5, 5.41) is 20.5. The third kappa shape index (κ3) is 6.18. The smallest absolute Gasteiger partial charge is 0.223 e. The Bertz CT molecular complexity index is 779. The molecule has 2 atom stereocenters. The van der Waals surface area contributed by atoms with Crippen LogP contribution in [-0.2, 0) is 22.4 Å². The fraction of sp³-hybridized carbons (Fsp3) is 0.636. The Morgan fingerprint density at radius 3 is 1.53 bits per heavy atom. The van der Waals surface area contributed by atoms with E-state index in [1.807, 2.05) is 39.8 Å². The molecule has 1 aliphatic rings. The van der Waals surface area contributed by atoms with Crippen molar-refractivity contribution in [2.45, 2.75) is 78.3 Å². The highest BCUT2D eigenvalue weighted by Gasteiger charge is 2.31. The molecule has 8 nitrogen and oxygen atoms in total. The van der Waals surface area contributed by atoms with Crippen molar-refractivity contribution in [1.82, 2.24) is 31.0 Å². The predicted octanol–water partition coefficient (Wildman–Crippen LogP) is 2.35. The Labute approximate surface area is 178 Å². The van der Waals surface area contributed by atoms with E-state index in [2.05, 4.69) is 31.0 Å². The lowest BCUT2D eigenvalue weighted by atomic mass is 9.81. The number of aromatic amines is 2. The van der Waals surface area contributed by atoms with Crippen LogP contribution in [0.4, 0.5) is 0 Å². The summed E-state index contributed by atoms with van der Waals surface area (Å²) in [5.41, 5.74) is 3.96. The molecule has 4 N–H and O–H groups in total. The molecule has 3 rings (SSSR count). The molecule has 2 amide bonds. The van der Waals surface area contributed by atoms with Gasteiger partial charge in [0.25, 0.3) is 0 Å². The first-order chi connectivity index (χ1) is 14.3. The van der Waals surface area contributed by atoms with Gasteiger partial charge in [-0.1, -0.05) is 0 Å². The molecular weight excluding hydrogens is 380 g/mol. The van der Waals surface area contributed by atoms with Gasteiger partial charge in [-0.3, -0.25) is 19.8 Å². The standard InChI is InChI=1S/C22H34N6O2/c1-13(9-19-11-15(3)25-27-19)23-21(29)17-5-7-18(8-6-17)22(30)24-14(2)10-20-12-16(4)26-28-20/h11-14,17-18H,5-10H2,1-4H3,(H,23,29)(H,24,30)(H,25,27)(H,26,28). The van der Waals surface area contributed by atoms with Crippen LogP contribution in [0.25, 0.3) is 0 Å². The van der Waals surface area contributed by atoms with E-state index in [1.165, 1.54) is 0 Å². The largest absolute Gasteiger partial charge is 0.353 e. The molecule has 1 fully saturated rings. The number of aromatic nitrogens is 4. The van der Waals surface area contributed by atoms with E-state index in [-0.39, 0.29) is 35.7 Å². The van der Waals surface area contributed by atoms with Crippen molar-refractivity contribution in [3.63, 3.8) is 0 Å². The van der Waals surface area contributed by atoms with E-state index < -0.39 is 0 Å². The molecule has 0 aliphatic heterocycles. The fourth-order valence-electron chi connectivity index (χ4n) is 4.23. The molecule has 0 aromatic carbocycles. The van der Waals surface area contributed by atoms with Gasteiger partial charge in [0.05, 0.1) is 11.4 Å². The molecule has 1 saturated carbocycles. The van der Waals surface area contributed by atoms with E-state index in [9.17, 15) is 9.59 Å². The quantitative estimate of drug-likeness (QED) is 0.531. The summed E-state index contributed by atoms with van der Waals surface area (Å²) in [7, 11) is 0. The summed E-state index contributed by atoms with van der Waals surface area (Å²) in [4.78, 5) is 25.2. The molecule has 8 heteroatoms. The monoisotopic (exact) mass is 414 g/mol. The second-order valence-corrected chi connectivity index (χ2v) is 8.86. The number of carbonyl (C=O) groups excluding carboxylic acids is 2. The Kier molecular flexibility index (Phi) is 7.29. The van der Waals surface area contributed by atoms with Gasteiger partial charge in [-0.15, -0.1) is 0 Å². The Hall–Kier alpha value is -2.64. The first-order valence-electron chi connectivity index (χ1n) is 10.9. The number of nitrogens with zero attached hydrogens (tertiary/aromatic N) is 2. The second kappa shape index (κ2) is 9.91. The minimum Gasteiger partial charge on any atom is -0.353 e. The molecule has 0 saturated heterocycles. The van der Waals surface area contributed by atoms with Gasteiger partial charge in [-0.25, -0.2) is 0 Å². The molecule has 164 valence electrons. The van der Waals surface area contributed by atoms with Crippen LogP contribution in [0.5, 0.6) is 0 Å². The zero-order chi connectivity index (χ0) is 21.7. The first-order valence-corrected chi connectivity index (χ1v) is 10.9. The van der Waals surface area contributed by atoms with Crippen molar-refractivity contribution in [2.24, 2.45) is 11.8 Å². The zero-order valence-corrected chi connectivity index (χ0v) is 18.4. The van der Waals surface area contributed by atoms with Crippen molar-refractivity contribution in [3.8, 4) is 0 Å². The van der Waals surface area contributed by atoms with Gasteiger partial charge < -0.3 is 10.6 Å². The van der Waals surface area contributed by atoms with Crippen LogP contribution >= 0.6 is 0 Å². The maximum absolute atomic E-state index is 12.6. The summed E-state index contributed by atoms with van der Waals surface area (Å²) in [6.07, 6.45) is 4.44. The summed E-state index contributed by atoms with van der Waals surface area (Å²) in [6, 6.07) is 4.07. The average Bonchev–Trinajstić information content (AvgIpc) is 3.29. The van der Waals surface area contributed by atoms with Gasteiger partial charge in [0.1, 0.15) is 0 Å². The number of amides is 2. The number of hydrogen-bond acceptors (Lipinski definition) is 4. The van der Waals surface area contributed by atoms with Crippen LogP contribution in [0.15, 0.2) is 12.1 Å². The highest BCUT2D eigenvalue weighted by molar-refractivity contribution is 5.81. The topological polar surface area (TPSA) is 116 Å². The molecule has 0 spiro atoms. The third-order valence-corrected chi connectivity index (χ3v) is 5.79. The Morgan fingerprint density at radius 1 is 0.867 bits per heavy atom. The number of hydrogen-bond donors (Lipinski definition) is 4. The lowest BCUT2D eigenvalue weighted by molar-refractivity contribution is -0.131. The SMILES string of the molecule is Cc1cc(CC(C)NC(=O)C2CCC(C(=O)NC(C)Cc3cc(C)[nH]n3)CC2)n[nH]1. The maximum Gasteiger partial charge on any atom is 0.223 e. The molecule has 0 bridgehead atoms. The molecule has 2 aromatic heterocycles. The van der Waals surface area contributed by atoms with Gasteiger partial charge in [0, 0.05) is 48.1 Å². The van der Waals surface area contributed by atoms with Crippen LogP contribution in [0, 0.1) is 25.7 Å². The van der Waals surface area contributed by atoms with Crippen molar-refractivity contribution in [3.05, 3.63) is 34.9 Å². The molecule has 2 aromatic rings. The van der Waals surface area contributed by atoms with Crippen LogP contribution in [0.3, 0.4) is 0 Å². The lowest BCUT2D eigenvalue weighted by Crippen LogP contribution is -2.42. The Balaban J connectivity index is 1.38. The van der Waals surface area contributed by atoms with E-state index in [1.54, 1.807) is 0 Å². The first kappa shape index (κ1) is 22.1. The number of aryl methyl sites for hydroxylation is 2. The van der Waals surface area contributed by atoms with Crippen LogP contribution in [0.1, 0.15) is 62.3 Å². The minimum absolute atomic E-state index is 0.0122. The lowest BCUT2D eigenvalue weighted by Gasteiger charge is -2.28. The summed E-state index contributed by atoms with van der Waals surface area (Å²) >= 11 is 0. The van der Waals surface area contributed by atoms with Crippen molar-refractivity contribution in [2.75, 3.05) is 0 Å². The molecular formula is C22H34N6O2. The van der Waals surface area contributed by atoms with E-state index in [0.29, 0.717) is 12.8 Å². The predicted molar refractivity (Wildman–Crippen MR) is 115 cm³/mol. The van der Waals surface area contributed by atoms with Crippen molar-refractivity contribution in [1.29, 1.82) is 0 Å². The van der Waals surface area contributed by atoms with E-state index in [4.69, 9.17) is 0 Å². The van der Waals surface area contributed by atoms with Crippen LogP contribution in [-0.4, -0.2) is 44.3 Å². The number of H-pyrrole nitrogens is 2. The molecule has 2 heterocycles. The molecule has 1 aliphatic carbocycles. The van der Waals surface area contributed by atoms with E-state index >= 15 is 0 Å². The summed E-state index contributed by atoms with van der Waals surface area (Å²) in [5.74, 6) is 0.163. The summed E-state index contributed by atoms with van der Waals surface area (Å²) in [6.45, 7) is 7.94. The molecule has 0 radical (unpaired) electrons. The highest BCUT2D eigenvalue weighted by Crippen LogP contribution is 2.29. The summed E-state index contributed by atoms with van der Waals surface area (Å²) < 4.78 is 0. The molecule has 2 unspecified atom stereocenters. The van der Waals surface area contributed by atoms with Gasteiger partial charge in [-0.2, -0.15) is 10.2 Å². The normalized spacial score (nSPS) is 21.1. The Morgan fingerprint density at radius 2 is 1.23 bits per heavy atom. The number of carbonyl (C=O) groups is 2.